The predicted molar refractivity (Wildman–Crippen MR) is 57.8 cm³/mol. The number of carbonyl (C=O) groups is 1. The zero-order chi connectivity index (χ0) is 11.0. The summed E-state index contributed by atoms with van der Waals surface area (Å²) in [7, 11) is 3.77. The highest BCUT2D eigenvalue weighted by Gasteiger charge is 2.27. The number of likely N-dealkylation sites (N-methyl/N-ethyl adjacent to an activating group) is 2. The van der Waals surface area contributed by atoms with Gasteiger partial charge in [0.1, 0.15) is 11.9 Å². The molecule has 1 N–H and O–H groups in total. The normalized spacial score (nSPS) is 21.2. The molecule has 1 aliphatic rings. The minimum Gasteiger partial charge on any atom is -0.508 e. The Morgan fingerprint density at radius 1 is 1.47 bits per heavy atom. The van der Waals surface area contributed by atoms with Gasteiger partial charge >= 0.3 is 0 Å². The maximum atomic E-state index is 10.9. The maximum Gasteiger partial charge on any atom is 0.157 e. The van der Waals surface area contributed by atoms with E-state index in [0.717, 1.165) is 17.5 Å². The Labute approximate surface area is 88.7 Å². The molecule has 0 spiro atoms. The number of rotatable bonds is 1. The van der Waals surface area contributed by atoms with Crippen LogP contribution < -0.4 is 4.90 Å². The molecule has 1 aliphatic heterocycles. The fourth-order valence-corrected chi connectivity index (χ4v) is 2.04. The number of benzene rings is 1. The summed E-state index contributed by atoms with van der Waals surface area (Å²) in [6.45, 7) is 0.678. The highest BCUT2D eigenvalue weighted by molar-refractivity contribution is 5.69. The Balaban J connectivity index is 2.45. The summed E-state index contributed by atoms with van der Waals surface area (Å²) in [4.78, 5) is 14.8. The predicted octanol–water partition coefficient (Wildman–Crippen LogP) is 0.799. The van der Waals surface area contributed by atoms with Crippen LogP contribution in [0.2, 0.25) is 0 Å². The molecule has 0 aromatic heterocycles. The van der Waals surface area contributed by atoms with Crippen LogP contribution in [-0.2, 0) is 11.3 Å². The summed E-state index contributed by atoms with van der Waals surface area (Å²) in [6, 6.07) is 5.22. The van der Waals surface area contributed by atoms with Gasteiger partial charge in [-0.3, -0.25) is 9.69 Å². The fraction of sp³-hybridized carbons (Fsp3) is 0.364. The van der Waals surface area contributed by atoms with Crippen molar-refractivity contribution in [2.24, 2.45) is 0 Å². The summed E-state index contributed by atoms with van der Waals surface area (Å²) in [5.74, 6) is 0.264. The van der Waals surface area contributed by atoms with Crippen molar-refractivity contribution in [3.05, 3.63) is 23.8 Å². The summed E-state index contributed by atoms with van der Waals surface area (Å²) in [6.07, 6.45) is 0.706. The molecule has 0 saturated heterocycles. The number of nitrogens with zero attached hydrogens (tertiary/aromatic N) is 2. The molecule has 0 bridgehead atoms. The third-order valence-corrected chi connectivity index (χ3v) is 2.83. The van der Waals surface area contributed by atoms with E-state index in [1.165, 1.54) is 0 Å². The molecular formula is C11H14N2O2. The minimum absolute atomic E-state index is 0.220. The van der Waals surface area contributed by atoms with Gasteiger partial charge in [0.2, 0.25) is 0 Å². The van der Waals surface area contributed by atoms with E-state index in [1.54, 1.807) is 12.1 Å². The average molecular weight is 206 g/mol. The second-order valence-corrected chi connectivity index (χ2v) is 3.89. The van der Waals surface area contributed by atoms with Crippen molar-refractivity contribution < 1.29 is 9.90 Å². The van der Waals surface area contributed by atoms with Crippen molar-refractivity contribution in [2.45, 2.75) is 12.7 Å². The van der Waals surface area contributed by atoms with E-state index < -0.39 is 0 Å². The van der Waals surface area contributed by atoms with E-state index in [1.807, 2.05) is 30.0 Å². The van der Waals surface area contributed by atoms with Gasteiger partial charge in [-0.05, 0) is 30.8 Å². The van der Waals surface area contributed by atoms with Crippen LogP contribution in [0.4, 0.5) is 5.69 Å². The first kappa shape index (κ1) is 9.98. The smallest absolute Gasteiger partial charge is 0.157 e. The van der Waals surface area contributed by atoms with Crippen molar-refractivity contribution >= 4 is 12.0 Å². The van der Waals surface area contributed by atoms with Crippen molar-refractivity contribution in [3.63, 3.8) is 0 Å². The number of phenols is 1. The molecule has 1 aromatic carbocycles. The van der Waals surface area contributed by atoms with Crippen LogP contribution in [0.1, 0.15) is 5.56 Å². The second-order valence-electron chi connectivity index (χ2n) is 3.89. The molecule has 1 atom stereocenters. The number of hydrogen-bond acceptors (Lipinski definition) is 4. The van der Waals surface area contributed by atoms with Crippen LogP contribution in [0.3, 0.4) is 0 Å². The first-order chi connectivity index (χ1) is 7.13. The van der Waals surface area contributed by atoms with E-state index in [9.17, 15) is 9.90 Å². The molecule has 0 aliphatic carbocycles. The number of aldehydes is 1. The van der Waals surface area contributed by atoms with Crippen LogP contribution in [-0.4, -0.2) is 36.6 Å². The topological polar surface area (TPSA) is 43.8 Å². The number of phenolic OH excluding ortho intramolecular Hbond substituents is 1. The van der Waals surface area contributed by atoms with Crippen LogP contribution in [0, 0.1) is 0 Å². The number of aromatic hydroxyl groups is 1. The molecule has 15 heavy (non-hydrogen) atoms. The van der Waals surface area contributed by atoms with Crippen molar-refractivity contribution in [2.75, 3.05) is 19.0 Å². The van der Waals surface area contributed by atoms with Gasteiger partial charge in [0, 0.05) is 19.3 Å². The van der Waals surface area contributed by atoms with E-state index in [2.05, 4.69) is 0 Å². The molecule has 0 fully saturated rings. The van der Waals surface area contributed by atoms with Gasteiger partial charge < -0.3 is 10.0 Å². The van der Waals surface area contributed by atoms with Gasteiger partial charge in [-0.2, -0.15) is 0 Å². The molecular weight excluding hydrogens is 192 g/mol. The Bertz CT molecular complexity index is 392. The minimum atomic E-state index is -0.220. The monoisotopic (exact) mass is 206 g/mol. The summed E-state index contributed by atoms with van der Waals surface area (Å²) < 4.78 is 0. The lowest BCUT2D eigenvalue weighted by Crippen LogP contribution is -2.49. The first-order valence-electron chi connectivity index (χ1n) is 4.83. The molecule has 2 rings (SSSR count). The third-order valence-electron chi connectivity index (χ3n) is 2.83. The maximum absolute atomic E-state index is 10.9. The summed E-state index contributed by atoms with van der Waals surface area (Å²) in [5, 5.41) is 9.38. The van der Waals surface area contributed by atoms with E-state index in [0.29, 0.717) is 6.54 Å². The number of hydrogen-bond donors (Lipinski definition) is 1. The van der Waals surface area contributed by atoms with Gasteiger partial charge in [-0.1, -0.05) is 0 Å². The van der Waals surface area contributed by atoms with Gasteiger partial charge in [0.05, 0.1) is 0 Å². The Kier molecular flexibility index (Phi) is 2.36. The van der Waals surface area contributed by atoms with E-state index >= 15 is 0 Å². The molecule has 1 aromatic rings. The lowest BCUT2D eigenvalue weighted by molar-refractivity contribution is -0.112. The highest BCUT2D eigenvalue weighted by Crippen LogP contribution is 2.30. The van der Waals surface area contributed by atoms with Crippen molar-refractivity contribution in [1.29, 1.82) is 0 Å². The number of fused-ring (bicyclic) bond motifs is 1. The third kappa shape index (κ3) is 1.57. The molecule has 0 saturated carbocycles. The standard InChI is InChI=1S/C11H14N2O2/c1-12-6-8-5-9(15)3-4-10(8)13(2)11(12)7-14/h3-5,7,11,15H,6H2,1-2H3. The highest BCUT2D eigenvalue weighted by atomic mass is 16.3. The lowest BCUT2D eigenvalue weighted by atomic mass is 10.1. The number of carbonyl (C=O) groups excluding carboxylic acids is 1. The molecule has 0 amide bonds. The summed E-state index contributed by atoms with van der Waals surface area (Å²) in [5.41, 5.74) is 2.04. The fourth-order valence-electron chi connectivity index (χ4n) is 2.04. The van der Waals surface area contributed by atoms with Crippen molar-refractivity contribution in [1.82, 2.24) is 4.90 Å². The lowest BCUT2D eigenvalue weighted by Gasteiger charge is -2.39. The second kappa shape index (κ2) is 3.55. The quantitative estimate of drug-likeness (QED) is 0.690. The Hall–Kier alpha value is -1.55. The SMILES string of the molecule is CN1Cc2cc(O)ccc2N(C)C1C=O. The molecule has 1 unspecified atom stereocenters. The summed E-state index contributed by atoms with van der Waals surface area (Å²) >= 11 is 0. The van der Waals surface area contributed by atoms with Crippen LogP contribution >= 0.6 is 0 Å². The molecule has 0 radical (unpaired) electrons. The zero-order valence-corrected chi connectivity index (χ0v) is 8.84. The molecule has 4 nitrogen and oxygen atoms in total. The first-order valence-corrected chi connectivity index (χ1v) is 4.83. The van der Waals surface area contributed by atoms with Gasteiger partial charge in [0.25, 0.3) is 0 Å². The number of anilines is 1. The van der Waals surface area contributed by atoms with Gasteiger partial charge in [-0.15, -0.1) is 0 Å². The molecule has 4 heteroatoms. The van der Waals surface area contributed by atoms with Crippen LogP contribution in [0.15, 0.2) is 18.2 Å². The molecule has 80 valence electrons. The van der Waals surface area contributed by atoms with Crippen molar-refractivity contribution in [3.8, 4) is 5.75 Å². The largest absolute Gasteiger partial charge is 0.508 e. The van der Waals surface area contributed by atoms with E-state index in [-0.39, 0.29) is 11.9 Å². The Morgan fingerprint density at radius 2 is 2.20 bits per heavy atom. The molecule has 1 heterocycles. The van der Waals surface area contributed by atoms with Crippen LogP contribution in [0.5, 0.6) is 5.75 Å². The van der Waals surface area contributed by atoms with E-state index in [4.69, 9.17) is 0 Å². The average Bonchev–Trinajstić information content (AvgIpc) is 2.17. The van der Waals surface area contributed by atoms with Crippen LogP contribution in [0.25, 0.3) is 0 Å². The van der Waals surface area contributed by atoms with Gasteiger partial charge in [0.15, 0.2) is 6.29 Å². The van der Waals surface area contributed by atoms with Gasteiger partial charge in [-0.25, -0.2) is 0 Å². The zero-order valence-electron chi connectivity index (χ0n) is 8.84. The Morgan fingerprint density at radius 3 is 2.87 bits per heavy atom.